The molecule has 0 radical (unpaired) electrons. The van der Waals surface area contributed by atoms with Gasteiger partial charge in [0, 0.05) is 19.3 Å². The van der Waals surface area contributed by atoms with Crippen LogP contribution < -0.4 is 0 Å². The van der Waals surface area contributed by atoms with Crippen molar-refractivity contribution in [3.63, 3.8) is 0 Å². The zero-order valence-electron chi connectivity index (χ0n) is 64.6. The summed E-state index contributed by atoms with van der Waals surface area (Å²) in [6, 6.07) is 0. The molecule has 5 unspecified atom stereocenters. The summed E-state index contributed by atoms with van der Waals surface area (Å²) in [4.78, 5) is 72.9. The maximum absolute atomic E-state index is 13.1. The minimum absolute atomic E-state index is 0.0885. The minimum Gasteiger partial charge on any atom is -0.462 e. The average molecular weight is 1500 g/mol. The highest BCUT2D eigenvalue weighted by atomic mass is 31.2. The quantitative estimate of drug-likeness (QED) is 0.0169. The van der Waals surface area contributed by atoms with Crippen molar-refractivity contribution in [3.05, 3.63) is 158 Å². The first-order valence-corrected chi connectivity index (χ1v) is 42.7. The van der Waals surface area contributed by atoms with Gasteiger partial charge in [0.25, 0.3) is 0 Å². The van der Waals surface area contributed by atoms with E-state index in [0.29, 0.717) is 25.7 Å². The molecular formula is C85H140O17P2. The molecule has 0 aromatic rings. The molecule has 0 heterocycles. The van der Waals surface area contributed by atoms with Gasteiger partial charge in [-0.2, -0.15) is 0 Å². The van der Waals surface area contributed by atoms with Crippen LogP contribution in [0.3, 0.4) is 0 Å². The number of carbonyl (C=O) groups is 4. The molecule has 17 nitrogen and oxygen atoms in total. The SMILES string of the molecule is CC/C=C\C/C=C\C/C=C\C/C=C\C/C=C\CCCCCC(=O)OCC(COP(=O)(O)OCC(O)COP(=O)(O)OCC(COC(=O)CCCCCCCCC/C=C\C/C=C\C/C=C\CC)OC(=O)CCCCCCCCCCCCCCC)OC(=O)C/C=C\C/C=C\C/C=C\C/C=C\C/C=C\CC. The van der Waals surface area contributed by atoms with Gasteiger partial charge in [0.15, 0.2) is 12.2 Å². The van der Waals surface area contributed by atoms with Gasteiger partial charge in [-0.25, -0.2) is 9.13 Å². The van der Waals surface area contributed by atoms with Gasteiger partial charge >= 0.3 is 39.5 Å². The Morgan fingerprint density at radius 2 is 0.538 bits per heavy atom. The van der Waals surface area contributed by atoms with Crippen LogP contribution in [0.25, 0.3) is 0 Å². The van der Waals surface area contributed by atoms with Gasteiger partial charge < -0.3 is 33.8 Å². The molecule has 0 fully saturated rings. The number of phosphoric ester groups is 2. The topological polar surface area (TPSA) is 237 Å². The number of unbranched alkanes of at least 4 members (excludes halogenated alkanes) is 22. The summed E-state index contributed by atoms with van der Waals surface area (Å²) in [7, 11) is -10.0. The lowest BCUT2D eigenvalue weighted by molar-refractivity contribution is -0.161. The Morgan fingerprint density at radius 3 is 0.865 bits per heavy atom. The molecule has 0 amide bonds. The van der Waals surface area contributed by atoms with Crippen molar-refractivity contribution in [2.75, 3.05) is 39.6 Å². The van der Waals surface area contributed by atoms with E-state index in [-0.39, 0.29) is 25.7 Å². The summed E-state index contributed by atoms with van der Waals surface area (Å²) in [6.07, 6.45) is 88.3. The number of esters is 4. The predicted octanol–water partition coefficient (Wildman–Crippen LogP) is 23.2. The summed E-state index contributed by atoms with van der Waals surface area (Å²) >= 11 is 0. The molecule has 0 spiro atoms. The number of aliphatic hydroxyl groups excluding tert-OH is 1. The average Bonchev–Trinajstić information content (AvgIpc) is 0.911. The lowest BCUT2D eigenvalue weighted by Crippen LogP contribution is -2.30. The first kappa shape index (κ1) is 98.7. The second kappa shape index (κ2) is 75.9. The van der Waals surface area contributed by atoms with Gasteiger partial charge in [-0.3, -0.25) is 37.3 Å². The third kappa shape index (κ3) is 74.9. The molecule has 0 aliphatic heterocycles. The van der Waals surface area contributed by atoms with Crippen LogP contribution in [0.5, 0.6) is 0 Å². The maximum atomic E-state index is 13.1. The summed E-state index contributed by atoms with van der Waals surface area (Å²) in [5, 5.41) is 10.6. The zero-order chi connectivity index (χ0) is 76.0. The molecule has 0 saturated carbocycles. The number of carbonyl (C=O) groups excluding carboxylic acids is 4. The molecule has 0 saturated heterocycles. The van der Waals surface area contributed by atoms with Crippen LogP contribution >= 0.6 is 15.6 Å². The fraction of sp³-hybridized carbons (Fsp3) is 0.647. The number of allylic oxidation sites excluding steroid dienone is 25. The Kier molecular flexibility index (Phi) is 72.0. The lowest BCUT2D eigenvalue weighted by Gasteiger charge is -2.21. The van der Waals surface area contributed by atoms with Gasteiger partial charge in [-0.05, 0) is 128 Å². The molecular weight excluding hydrogens is 1350 g/mol. The Bertz CT molecular complexity index is 2590. The third-order valence-electron chi connectivity index (χ3n) is 16.0. The van der Waals surface area contributed by atoms with Crippen molar-refractivity contribution in [3.8, 4) is 0 Å². The highest BCUT2D eigenvalue weighted by molar-refractivity contribution is 7.47. The summed E-state index contributed by atoms with van der Waals surface area (Å²) in [5.41, 5.74) is 0. The third-order valence-corrected chi connectivity index (χ3v) is 17.9. The van der Waals surface area contributed by atoms with E-state index >= 15 is 0 Å². The molecule has 0 aromatic heterocycles. The van der Waals surface area contributed by atoms with E-state index in [2.05, 4.69) is 161 Å². The van der Waals surface area contributed by atoms with Crippen LogP contribution in [0.4, 0.5) is 0 Å². The van der Waals surface area contributed by atoms with E-state index in [1.807, 2.05) is 12.2 Å². The first-order chi connectivity index (χ1) is 50.7. The number of hydrogen-bond donors (Lipinski definition) is 3. The van der Waals surface area contributed by atoms with Crippen molar-refractivity contribution in [2.24, 2.45) is 0 Å². The maximum Gasteiger partial charge on any atom is 0.472 e. The molecule has 0 aliphatic rings. The van der Waals surface area contributed by atoms with Gasteiger partial charge in [0.2, 0.25) is 0 Å². The standard InChI is InChI=1S/C85H140O17P2/c1-5-9-13-17-21-25-29-33-36-38-39-41-44-47-50-54-58-62-66-70-83(88)96-76-81(102-85(90)72-68-64-60-56-52-48-42-35-31-27-23-19-15-11-7-3)78-100-104(93,94)98-74-79(86)73-97-103(91,92)99-77-80(101-84(89)71-67-63-59-55-51-45-32-28-24-20-16-12-8-4)75-95-82(87)69-65-61-57-53-49-46-43-40-37-34-30-26-22-18-14-10-6-2/h9-11,13-15,21-23,25-27,33-37,39,41-42,47,50,52,56,64,68,79-81,86H,5-8,12,16-20,24,28-32,38,40,43-46,48-49,51,53-55,57-63,65-67,69-78H2,1-4H3,(H,91,92)(H,93,94)/b13-9-,14-10-,15-11-,25-21-,26-22-,27-23-,36-33-,37-34-,41-39-,42-35-,50-47-,56-52-,68-64-. The molecule has 0 aromatic carbocycles. The van der Waals surface area contributed by atoms with Crippen molar-refractivity contribution >= 4 is 39.5 Å². The summed E-state index contributed by atoms with van der Waals surface area (Å²) < 4.78 is 68.4. The Labute approximate surface area is 629 Å². The number of ether oxygens (including phenoxy) is 4. The molecule has 0 aliphatic carbocycles. The van der Waals surface area contributed by atoms with E-state index in [0.717, 1.165) is 167 Å². The minimum atomic E-state index is -5.01. The largest absolute Gasteiger partial charge is 0.472 e. The van der Waals surface area contributed by atoms with Crippen LogP contribution in [-0.2, 0) is 65.4 Å². The fourth-order valence-electron chi connectivity index (χ4n) is 10.1. The summed E-state index contributed by atoms with van der Waals surface area (Å²) in [5.74, 6) is -2.37. The monoisotopic (exact) mass is 1490 g/mol. The van der Waals surface area contributed by atoms with E-state index in [4.69, 9.17) is 37.0 Å². The van der Waals surface area contributed by atoms with Crippen LogP contribution in [0.2, 0.25) is 0 Å². The Balaban J connectivity index is 5.45. The molecule has 5 atom stereocenters. The van der Waals surface area contributed by atoms with Crippen molar-refractivity contribution < 1.29 is 80.2 Å². The number of phosphoric acid groups is 2. The van der Waals surface area contributed by atoms with E-state index in [1.54, 1.807) is 12.2 Å². The van der Waals surface area contributed by atoms with Gasteiger partial charge in [0.1, 0.15) is 19.3 Å². The lowest BCUT2D eigenvalue weighted by atomic mass is 10.0. The Hall–Kier alpha value is -5.32. The second-order valence-electron chi connectivity index (χ2n) is 25.9. The first-order valence-electron chi connectivity index (χ1n) is 39.7. The number of rotatable bonds is 73. The highest BCUT2D eigenvalue weighted by Gasteiger charge is 2.30. The smallest absolute Gasteiger partial charge is 0.462 e. The van der Waals surface area contributed by atoms with Crippen LogP contribution in [-0.4, -0.2) is 96.7 Å². The van der Waals surface area contributed by atoms with Crippen molar-refractivity contribution in [2.45, 2.75) is 316 Å². The normalized spacial score (nSPS) is 14.7. The Morgan fingerprint density at radius 1 is 0.288 bits per heavy atom. The van der Waals surface area contributed by atoms with Crippen LogP contribution in [0.15, 0.2) is 158 Å². The molecule has 3 N–H and O–H groups in total. The second-order valence-corrected chi connectivity index (χ2v) is 28.8. The predicted molar refractivity (Wildman–Crippen MR) is 427 cm³/mol. The van der Waals surface area contributed by atoms with Crippen LogP contribution in [0.1, 0.15) is 297 Å². The molecule has 0 bridgehead atoms. The molecule has 592 valence electrons. The van der Waals surface area contributed by atoms with Gasteiger partial charge in [-0.15, -0.1) is 0 Å². The van der Waals surface area contributed by atoms with Gasteiger partial charge in [-0.1, -0.05) is 301 Å². The van der Waals surface area contributed by atoms with E-state index < -0.39 is 97.5 Å². The van der Waals surface area contributed by atoms with Crippen LogP contribution in [0, 0.1) is 0 Å². The van der Waals surface area contributed by atoms with Crippen molar-refractivity contribution in [1.82, 2.24) is 0 Å². The number of hydrogen-bond acceptors (Lipinski definition) is 15. The van der Waals surface area contributed by atoms with E-state index in [1.165, 1.54) is 51.4 Å². The highest BCUT2D eigenvalue weighted by Crippen LogP contribution is 2.45. The summed E-state index contributed by atoms with van der Waals surface area (Å²) in [6.45, 7) is 4.37. The molecule has 104 heavy (non-hydrogen) atoms. The van der Waals surface area contributed by atoms with Crippen molar-refractivity contribution in [1.29, 1.82) is 0 Å². The zero-order valence-corrected chi connectivity index (χ0v) is 66.4. The molecule has 0 rings (SSSR count). The van der Waals surface area contributed by atoms with Gasteiger partial charge in [0.05, 0.1) is 32.8 Å². The fourth-order valence-corrected chi connectivity index (χ4v) is 11.7. The van der Waals surface area contributed by atoms with E-state index in [9.17, 15) is 43.2 Å². The molecule has 19 heteroatoms. The number of aliphatic hydroxyl groups is 1.